The summed E-state index contributed by atoms with van der Waals surface area (Å²) in [4.78, 5) is 14.7. The van der Waals surface area contributed by atoms with Gasteiger partial charge in [0.05, 0.1) is 6.04 Å². The molecule has 0 saturated carbocycles. The molecule has 0 saturated heterocycles. The third-order valence-corrected chi connectivity index (χ3v) is 4.93. The Bertz CT molecular complexity index is 922. The van der Waals surface area contributed by atoms with E-state index < -0.39 is 0 Å². The Kier molecular flexibility index (Phi) is 4.79. The maximum atomic E-state index is 12.9. The Morgan fingerprint density at radius 1 is 0.963 bits per heavy atom. The van der Waals surface area contributed by atoms with Gasteiger partial charge in [-0.1, -0.05) is 66.7 Å². The van der Waals surface area contributed by atoms with Gasteiger partial charge in [-0.3, -0.25) is 4.90 Å². The molecule has 1 N–H and O–H groups in total. The molecule has 1 aliphatic heterocycles. The van der Waals surface area contributed by atoms with Crippen LogP contribution in [0, 0.1) is 0 Å². The molecule has 4 rings (SSSR count). The molecule has 1 aliphatic rings. The summed E-state index contributed by atoms with van der Waals surface area (Å²) in [5, 5.41) is 9.63. The van der Waals surface area contributed by atoms with Crippen LogP contribution in [0.5, 0.6) is 5.75 Å². The molecule has 0 fully saturated rings. The number of phenolic OH excluding ortho intramolecular Hbond substituents is 1. The number of phenols is 1. The second kappa shape index (κ2) is 7.54. The van der Waals surface area contributed by atoms with Gasteiger partial charge in [-0.25, -0.2) is 4.79 Å². The fourth-order valence-electron chi connectivity index (χ4n) is 3.58. The van der Waals surface area contributed by atoms with Gasteiger partial charge in [0.1, 0.15) is 12.4 Å². The van der Waals surface area contributed by atoms with Gasteiger partial charge in [0.25, 0.3) is 0 Å². The van der Waals surface area contributed by atoms with E-state index in [2.05, 4.69) is 12.1 Å². The van der Waals surface area contributed by atoms with Crippen molar-refractivity contribution in [1.82, 2.24) is 4.90 Å². The number of hydrogen-bond acceptors (Lipinski definition) is 3. The van der Waals surface area contributed by atoms with E-state index in [1.54, 1.807) is 17.0 Å². The minimum absolute atomic E-state index is 0.209. The van der Waals surface area contributed by atoms with Crippen LogP contribution < -0.4 is 0 Å². The van der Waals surface area contributed by atoms with E-state index in [4.69, 9.17) is 4.74 Å². The molecule has 1 heterocycles. The van der Waals surface area contributed by atoms with Gasteiger partial charge in [0, 0.05) is 6.54 Å². The predicted octanol–water partition coefficient (Wildman–Crippen LogP) is 4.68. The average Bonchev–Trinajstić information content (AvgIpc) is 2.72. The first kappa shape index (κ1) is 17.2. The molecule has 4 heteroatoms. The number of rotatable bonds is 3. The molecule has 0 bridgehead atoms. The van der Waals surface area contributed by atoms with Gasteiger partial charge in [-0.05, 0) is 40.8 Å². The minimum Gasteiger partial charge on any atom is -0.508 e. The smallest absolute Gasteiger partial charge is 0.410 e. The summed E-state index contributed by atoms with van der Waals surface area (Å²) >= 11 is 0. The summed E-state index contributed by atoms with van der Waals surface area (Å²) in [6, 6.07) is 24.7. The number of amides is 1. The second-order valence-electron chi connectivity index (χ2n) is 6.68. The molecule has 1 amide bonds. The van der Waals surface area contributed by atoms with Gasteiger partial charge < -0.3 is 9.84 Å². The number of carbonyl (C=O) groups excluding carboxylic acids is 1. The Hall–Kier alpha value is -3.27. The van der Waals surface area contributed by atoms with E-state index in [1.807, 2.05) is 54.6 Å². The molecular formula is C23H21NO3. The molecule has 4 nitrogen and oxygen atoms in total. The monoisotopic (exact) mass is 359 g/mol. The fraction of sp³-hybridized carbons (Fsp3) is 0.174. The quantitative estimate of drug-likeness (QED) is 0.739. The topological polar surface area (TPSA) is 49.8 Å². The molecule has 1 atom stereocenters. The van der Waals surface area contributed by atoms with E-state index in [9.17, 15) is 9.90 Å². The Balaban J connectivity index is 1.62. The highest BCUT2D eigenvalue weighted by molar-refractivity contribution is 5.70. The van der Waals surface area contributed by atoms with Crippen LogP contribution in [0.25, 0.3) is 0 Å². The summed E-state index contributed by atoms with van der Waals surface area (Å²) < 4.78 is 5.60. The summed E-state index contributed by atoms with van der Waals surface area (Å²) in [5.41, 5.74) is 4.26. The van der Waals surface area contributed by atoms with Crippen LogP contribution in [0.1, 0.15) is 28.3 Å². The van der Waals surface area contributed by atoms with Crippen molar-refractivity contribution in [2.45, 2.75) is 19.1 Å². The summed E-state index contributed by atoms with van der Waals surface area (Å²) in [6.07, 6.45) is 0.469. The van der Waals surface area contributed by atoms with Gasteiger partial charge in [-0.15, -0.1) is 0 Å². The molecule has 0 aliphatic carbocycles. The Morgan fingerprint density at radius 3 is 2.44 bits per heavy atom. The molecule has 3 aromatic carbocycles. The maximum absolute atomic E-state index is 12.9. The van der Waals surface area contributed by atoms with Gasteiger partial charge in [0.15, 0.2) is 0 Å². The molecule has 1 unspecified atom stereocenters. The zero-order valence-electron chi connectivity index (χ0n) is 14.9. The standard InChI is InChI=1S/C23H21NO3/c25-20-12-10-19(11-13-20)22-21-9-5-4-8-18(21)14-15-24(22)23(26)27-16-17-6-2-1-3-7-17/h1-13,22,25H,14-16H2. The zero-order chi connectivity index (χ0) is 18.6. The highest BCUT2D eigenvalue weighted by Crippen LogP contribution is 2.36. The van der Waals surface area contributed by atoms with Crippen LogP contribution in [-0.2, 0) is 17.8 Å². The summed E-state index contributed by atoms with van der Waals surface area (Å²) in [5.74, 6) is 0.209. The lowest BCUT2D eigenvalue weighted by molar-refractivity contribution is 0.0837. The number of ether oxygens (including phenoxy) is 1. The van der Waals surface area contributed by atoms with Crippen molar-refractivity contribution in [2.75, 3.05) is 6.54 Å². The van der Waals surface area contributed by atoms with Crippen molar-refractivity contribution in [3.63, 3.8) is 0 Å². The minimum atomic E-state index is -0.327. The van der Waals surface area contributed by atoms with Gasteiger partial charge >= 0.3 is 6.09 Å². The highest BCUT2D eigenvalue weighted by atomic mass is 16.6. The van der Waals surface area contributed by atoms with Crippen LogP contribution in [-0.4, -0.2) is 22.6 Å². The third kappa shape index (κ3) is 3.65. The fourth-order valence-corrected chi connectivity index (χ4v) is 3.58. The first-order chi connectivity index (χ1) is 13.2. The van der Waals surface area contributed by atoms with E-state index >= 15 is 0 Å². The highest BCUT2D eigenvalue weighted by Gasteiger charge is 2.32. The van der Waals surface area contributed by atoms with Crippen LogP contribution in [0.3, 0.4) is 0 Å². The first-order valence-electron chi connectivity index (χ1n) is 9.06. The van der Waals surface area contributed by atoms with Crippen molar-refractivity contribution in [1.29, 1.82) is 0 Å². The van der Waals surface area contributed by atoms with Crippen molar-refractivity contribution in [3.8, 4) is 5.75 Å². The molecule has 0 spiro atoms. The SMILES string of the molecule is O=C(OCc1ccccc1)N1CCc2ccccc2C1c1ccc(O)cc1. The molecule has 0 aromatic heterocycles. The lowest BCUT2D eigenvalue weighted by Crippen LogP contribution is -2.40. The second-order valence-corrected chi connectivity index (χ2v) is 6.68. The summed E-state index contributed by atoms with van der Waals surface area (Å²) in [6.45, 7) is 0.844. The molecule has 3 aromatic rings. The van der Waals surface area contributed by atoms with Gasteiger partial charge in [-0.2, -0.15) is 0 Å². The Morgan fingerprint density at radius 2 is 1.67 bits per heavy atom. The molecular weight excluding hydrogens is 338 g/mol. The van der Waals surface area contributed by atoms with Gasteiger partial charge in [0.2, 0.25) is 0 Å². The number of nitrogens with zero attached hydrogens (tertiary/aromatic N) is 1. The normalized spacial score (nSPS) is 15.9. The van der Waals surface area contributed by atoms with Crippen LogP contribution in [0.15, 0.2) is 78.9 Å². The van der Waals surface area contributed by atoms with E-state index in [1.165, 1.54) is 5.56 Å². The van der Waals surface area contributed by atoms with Crippen LogP contribution in [0.4, 0.5) is 4.79 Å². The predicted molar refractivity (Wildman–Crippen MR) is 103 cm³/mol. The number of fused-ring (bicyclic) bond motifs is 1. The molecule has 136 valence electrons. The molecule has 0 radical (unpaired) electrons. The Labute approximate surface area is 158 Å². The number of aromatic hydroxyl groups is 1. The molecule has 27 heavy (non-hydrogen) atoms. The third-order valence-electron chi connectivity index (χ3n) is 4.93. The van der Waals surface area contributed by atoms with Crippen molar-refractivity contribution in [3.05, 3.63) is 101 Å². The lowest BCUT2D eigenvalue weighted by atomic mass is 9.88. The van der Waals surface area contributed by atoms with Crippen molar-refractivity contribution >= 4 is 6.09 Å². The average molecular weight is 359 g/mol. The van der Waals surface area contributed by atoms with E-state index in [-0.39, 0.29) is 24.5 Å². The van der Waals surface area contributed by atoms with Crippen molar-refractivity contribution in [2.24, 2.45) is 0 Å². The number of carbonyl (C=O) groups is 1. The first-order valence-corrected chi connectivity index (χ1v) is 9.06. The van der Waals surface area contributed by atoms with Crippen molar-refractivity contribution < 1.29 is 14.6 Å². The summed E-state index contributed by atoms with van der Waals surface area (Å²) in [7, 11) is 0. The largest absolute Gasteiger partial charge is 0.508 e. The number of benzene rings is 3. The van der Waals surface area contributed by atoms with E-state index in [0.29, 0.717) is 6.54 Å². The number of hydrogen-bond donors (Lipinski definition) is 1. The van der Waals surface area contributed by atoms with Crippen LogP contribution >= 0.6 is 0 Å². The maximum Gasteiger partial charge on any atom is 0.410 e. The zero-order valence-corrected chi connectivity index (χ0v) is 14.9. The van der Waals surface area contributed by atoms with E-state index in [0.717, 1.165) is 23.1 Å². The van der Waals surface area contributed by atoms with Crippen LogP contribution in [0.2, 0.25) is 0 Å². The lowest BCUT2D eigenvalue weighted by Gasteiger charge is -2.37.